The number of aromatic nitrogens is 1. The lowest BCUT2D eigenvalue weighted by molar-refractivity contribution is -0.274. The van der Waals surface area contributed by atoms with Gasteiger partial charge in [-0.05, 0) is 36.4 Å². The fourth-order valence-corrected chi connectivity index (χ4v) is 5.89. The fraction of sp³-hybridized carbons (Fsp3) is 0.250. The van der Waals surface area contributed by atoms with E-state index < -0.39 is 22.1 Å². The molecule has 13 heteroatoms. The highest BCUT2D eigenvalue weighted by atomic mass is 35.5. The summed E-state index contributed by atoms with van der Waals surface area (Å²) in [6.45, 7) is 1.27. The standard InChI is InChI=1S/C20H16Cl2F3N3O3S2/c21-16-6-1-13(11-17(16)22)18-12-32-19(26-18)27-7-9-28(10-8-27)33(29,30)15-4-2-14(3-5-15)31-20(23,24)25/h1-6,11-12H,7-10H2. The number of rotatable bonds is 5. The van der Waals surface area contributed by atoms with Crippen LogP contribution in [0.15, 0.2) is 52.7 Å². The summed E-state index contributed by atoms with van der Waals surface area (Å²) >= 11 is 13.5. The van der Waals surface area contributed by atoms with Gasteiger partial charge in [-0.25, -0.2) is 13.4 Å². The second-order valence-electron chi connectivity index (χ2n) is 7.05. The maximum atomic E-state index is 12.9. The van der Waals surface area contributed by atoms with Gasteiger partial charge in [-0.15, -0.1) is 24.5 Å². The smallest absolute Gasteiger partial charge is 0.406 e. The summed E-state index contributed by atoms with van der Waals surface area (Å²) in [5, 5.41) is 3.53. The number of nitrogens with zero attached hydrogens (tertiary/aromatic N) is 3. The van der Waals surface area contributed by atoms with Crippen LogP contribution in [0.2, 0.25) is 10.0 Å². The van der Waals surface area contributed by atoms with Crippen molar-refractivity contribution in [3.8, 4) is 17.0 Å². The number of hydrogen-bond acceptors (Lipinski definition) is 6. The fourth-order valence-electron chi connectivity index (χ4n) is 3.28. The van der Waals surface area contributed by atoms with E-state index in [4.69, 9.17) is 23.2 Å². The third-order valence-corrected chi connectivity index (χ3v) is 8.46. The Balaban J connectivity index is 1.41. The molecule has 2 heterocycles. The van der Waals surface area contributed by atoms with Crippen LogP contribution in [0.5, 0.6) is 5.75 Å². The molecule has 33 heavy (non-hydrogen) atoms. The van der Waals surface area contributed by atoms with E-state index in [1.807, 2.05) is 16.3 Å². The van der Waals surface area contributed by atoms with Gasteiger partial charge in [0, 0.05) is 37.1 Å². The van der Waals surface area contributed by atoms with Crippen LogP contribution in [0.25, 0.3) is 11.3 Å². The molecule has 2 aromatic carbocycles. The van der Waals surface area contributed by atoms with Crippen LogP contribution in [0.3, 0.4) is 0 Å². The Morgan fingerprint density at radius 2 is 1.64 bits per heavy atom. The number of halogens is 5. The first kappa shape index (κ1) is 24.1. The molecule has 176 valence electrons. The molecule has 1 aromatic heterocycles. The number of hydrogen-bond donors (Lipinski definition) is 0. The first-order chi connectivity index (χ1) is 15.5. The minimum absolute atomic E-state index is 0.0957. The molecule has 0 aliphatic carbocycles. The summed E-state index contributed by atoms with van der Waals surface area (Å²) in [5.74, 6) is -0.479. The van der Waals surface area contributed by atoms with Crippen LogP contribution in [0, 0.1) is 0 Å². The van der Waals surface area contributed by atoms with Gasteiger partial charge in [-0.1, -0.05) is 29.3 Å². The van der Waals surface area contributed by atoms with E-state index in [-0.39, 0.29) is 18.0 Å². The quantitative estimate of drug-likeness (QED) is 0.428. The van der Waals surface area contributed by atoms with E-state index in [1.165, 1.54) is 15.6 Å². The monoisotopic (exact) mass is 537 g/mol. The van der Waals surface area contributed by atoms with Crippen molar-refractivity contribution < 1.29 is 26.3 Å². The Bertz CT molecular complexity index is 1240. The first-order valence-corrected chi connectivity index (χ1v) is 12.6. The minimum Gasteiger partial charge on any atom is -0.406 e. The SMILES string of the molecule is O=S(=O)(c1ccc(OC(F)(F)F)cc1)N1CCN(c2nc(-c3ccc(Cl)c(Cl)c3)cs2)CC1. The van der Waals surface area contributed by atoms with Gasteiger partial charge in [0.25, 0.3) is 0 Å². The highest BCUT2D eigenvalue weighted by Gasteiger charge is 2.32. The van der Waals surface area contributed by atoms with E-state index in [0.717, 1.165) is 40.7 Å². The van der Waals surface area contributed by atoms with E-state index >= 15 is 0 Å². The molecule has 0 bridgehead atoms. The Hall–Kier alpha value is -2.05. The zero-order valence-electron chi connectivity index (χ0n) is 16.7. The summed E-state index contributed by atoms with van der Waals surface area (Å²) in [5.41, 5.74) is 1.57. The molecule has 0 amide bonds. The molecule has 1 aliphatic heterocycles. The van der Waals surface area contributed by atoms with Gasteiger partial charge >= 0.3 is 6.36 Å². The number of benzene rings is 2. The van der Waals surface area contributed by atoms with Crippen molar-refractivity contribution >= 4 is 49.7 Å². The summed E-state index contributed by atoms with van der Waals surface area (Å²) < 4.78 is 67.8. The number of thiazole rings is 1. The van der Waals surface area contributed by atoms with Crippen molar-refractivity contribution in [1.82, 2.24) is 9.29 Å². The Kier molecular flexibility index (Phi) is 6.79. The number of anilines is 1. The summed E-state index contributed by atoms with van der Waals surface area (Å²) in [4.78, 5) is 6.52. The Labute approximate surface area is 202 Å². The zero-order valence-corrected chi connectivity index (χ0v) is 19.9. The molecule has 1 fully saturated rings. The number of sulfonamides is 1. The van der Waals surface area contributed by atoms with Gasteiger partial charge in [0.2, 0.25) is 10.0 Å². The predicted molar refractivity (Wildman–Crippen MR) is 122 cm³/mol. The summed E-state index contributed by atoms with van der Waals surface area (Å²) in [6.07, 6.45) is -4.84. The van der Waals surface area contributed by atoms with Crippen molar-refractivity contribution in [2.45, 2.75) is 11.3 Å². The second kappa shape index (κ2) is 9.30. The summed E-state index contributed by atoms with van der Waals surface area (Å²) in [7, 11) is -3.85. The van der Waals surface area contributed by atoms with Crippen LogP contribution in [0.1, 0.15) is 0 Å². The van der Waals surface area contributed by atoms with E-state index in [1.54, 1.807) is 12.1 Å². The molecular formula is C20H16Cl2F3N3O3S2. The van der Waals surface area contributed by atoms with Crippen LogP contribution in [-0.4, -0.2) is 50.2 Å². The number of alkyl halides is 3. The summed E-state index contributed by atoms with van der Waals surface area (Å²) in [6, 6.07) is 9.43. The average molecular weight is 538 g/mol. The van der Waals surface area contributed by atoms with Crippen LogP contribution < -0.4 is 9.64 Å². The van der Waals surface area contributed by atoms with Crippen molar-refractivity contribution in [2.75, 3.05) is 31.1 Å². The highest BCUT2D eigenvalue weighted by molar-refractivity contribution is 7.89. The molecule has 4 rings (SSSR count). The van der Waals surface area contributed by atoms with Gasteiger partial charge < -0.3 is 9.64 Å². The van der Waals surface area contributed by atoms with Gasteiger partial charge in [-0.2, -0.15) is 4.31 Å². The maximum Gasteiger partial charge on any atom is 0.573 e. The number of ether oxygens (including phenoxy) is 1. The second-order valence-corrected chi connectivity index (χ2v) is 10.6. The lowest BCUT2D eigenvalue weighted by Crippen LogP contribution is -2.48. The highest BCUT2D eigenvalue weighted by Crippen LogP contribution is 2.32. The first-order valence-electron chi connectivity index (χ1n) is 9.55. The largest absolute Gasteiger partial charge is 0.573 e. The van der Waals surface area contributed by atoms with Crippen LogP contribution in [0.4, 0.5) is 18.3 Å². The van der Waals surface area contributed by atoms with E-state index in [0.29, 0.717) is 23.1 Å². The minimum atomic E-state index is -4.84. The van der Waals surface area contributed by atoms with Crippen molar-refractivity contribution in [3.63, 3.8) is 0 Å². The molecule has 1 aliphatic rings. The molecule has 0 saturated carbocycles. The maximum absolute atomic E-state index is 12.9. The lowest BCUT2D eigenvalue weighted by Gasteiger charge is -2.33. The topological polar surface area (TPSA) is 62.7 Å². The molecule has 0 spiro atoms. The van der Waals surface area contributed by atoms with E-state index in [2.05, 4.69) is 9.72 Å². The van der Waals surface area contributed by atoms with E-state index in [9.17, 15) is 21.6 Å². The van der Waals surface area contributed by atoms with Crippen LogP contribution in [-0.2, 0) is 10.0 Å². The van der Waals surface area contributed by atoms with Gasteiger partial charge in [0.05, 0.1) is 20.6 Å². The molecular weight excluding hydrogens is 522 g/mol. The van der Waals surface area contributed by atoms with Crippen molar-refractivity contribution in [2.24, 2.45) is 0 Å². The van der Waals surface area contributed by atoms with Crippen LogP contribution >= 0.6 is 34.5 Å². The molecule has 0 unspecified atom stereocenters. The van der Waals surface area contributed by atoms with Crippen molar-refractivity contribution in [3.05, 3.63) is 57.9 Å². The van der Waals surface area contributed by atoms with Gasteiger partial charge in [-0.3, -0.25) is 0 Å². The Morgan fingerprint density at radius 1 is 0.970 bits per heavy atom. The van der Waals surface area contributed by atoms with Gasteiger partial charge in [0.1, 0.15) is 5.75 Å². The number of piperazine rings is 1. The predicted octanol–water partition coefficient (Wildman–Crippen LogP) is 5.53. The average Bonchev–Trinajstić information content (AvgIpc) is 3.25. The van der Waals surface area contributed by atoms with Crippen molar-refractivity contribution in [1.29, 1.82) is 0 Å². The zero-order chi connectivity index (χ0) is 23.8. The molecule has 0 atom stereocenters. The lowest BCUT2D eigenvalue weighted by atomic mass is 10.2. The molecule has 6 nitrogen and oxygen atoms in total. The van der Waals surface area contributed by atoms with Gasteiger partial charge in [0.15, 0.2) is 5.13 Å². The molecule has 0 radical (unpaired) electrons. The third-order valence-electron chi connectivity index (χ3n) is 4.91. The molecule has 0 N–H and O–H groups in total. The molecule has 1 saturated heterocycles. The third kappa shape index (κ3) is 5.55. The normalized spacial score (nSPS) is 15.6. The molecule has 3 aromatic rings. The Morgan fingerprint density at radius 3 is 2.24 bits per heavy atom.